The Hall–Kier alpha value is -1.03. The highest BCUT2D eigenvalue weighted by molar-refractivity contribution is 5.32. The van der Waals surface area contributed by atoms with Crippen LogP contribution in [0.1, 0.15) is 20.8 Å². The summed E-state index contributed by atoms with van der Waals surface area (Å²) >= 11 is 0. The van der Waals surface area contributed by atoms with Gasteiger partial charge in [-0.1, -0.05) is 6.92 Å². The maximum Gasteiger partial charge on any atom is 0.148 e. The molecule has 0 aromatic carbocycles. The molecule has 0 fully saturated rings. The van der Waals surface area contributed by atoms with Crippen LogP contribution < -0.4 is 10.6 Å². The summed E-state index contributed by atoms with van der Waals surface area (Å²) in [6, 6.07) is 1.97. The van der Waals surface area contributed by atoms with Crippen LogP contribution in [0.3, 0.4) is 0 Å². The standard InChI is InChI=1S/C10H20N4/c1-5-12-10(2,3)8-11-9-6-7-14(4)13-9/h6-7,12H,5,8H2,1-4H3,(H,11,13). The highest BCUT2D eigenvalue weighted by Crippen LogP contribution is 2.06. The second-order valence-electron chi connectivity index (χ2n) is 4.14. The maximum absolute atomic E-state index is 4.25. The van der Waals surface area contributed by atoms with Gasteiger partial charge in [-0.2, -0.15) is 5.10 Å². The van der Waals surface area contributed by atoms with Crippen molar-refractivity contribution in [1.29, 1.82) is 0 Å². The summed E-state index contributed by atoms with van der Waals surface area (Å²) in [5.41, 5.74) is 0.103. The van der Waals surface area contributed by atoms with Crippen molar-refractivity contribution < 1.29 is 0 Å². The average Bonchev–Trinajstić information content (AvgIpc) is 2.48. The third-order valence-electron chi connectivity index (χ3n) is 2.08. The number of aromatic nitrogens is 2. The number of likely N-dealkylation sites (N-methyl/N-ethyl adjacent to an activating group) is 1. The van der Waals surface area contributed by atoms with Crippen LogP contribution in [-0.2, 0) is 7.05 Å². The minimum absolute atomic E-state index is 0.103. The Morgan fingerprint density at radius 3 is 2.71 bits per heavy atom. The first-order valence-corrected chi connectivity index (χ1v) is 5.02. The van der Waals surface area contributed by atoms with E-state index in [1.54, 1.807) is 4.68 Å². The van der Waals surface area contributed by atoms with Gasteiger partial charge in [0.25, 0.3) is 0 Å². The molecule has 1 aromatic rings. The molecule has 0 bridgehead atoms. The van der Waals surface area contributed by atoms with Gasteiger partial charge >= 0.3 is 0 Å². The molecule has 0 aliphatic carbocycles. The number of nitrogens with one attached hydrogen (secondary N) is 2. The fourth-order valence-electron chi connectivity index (χ4n) is 1.36. The SMILES string of the molecule is CCNC(C)(C)CNc1ccn(C)n1. The Kier molecular flexibility index (Phi) is 3.52. The zero-order chi connectivity index (χ0) is 10.6. The van der Waals surface area contributed by atoms with Gasteiger partial charge in [0, 0.05) is 31.4 Å². The predicted molar refractivity (Wildman–Crippen MR) is 59.5 cm³/mol. The summed E-state index contributed by atoms with van der Waals surface area (Å²) in [5.74, 6) is 0.929. The second-order valence-corrected chi connectivity index (χ2v) is 4.14. The van der Waals surface area contributed by atoms with E-state index in [9.17, 15) is 0 Å². The van der Waals surface area contributed by atoms with E-state index in [1.165, 1.54) is 0 Å². The van der Waals surface area contributed by atoms with E-state index in [-0.39, 0.29) is 5.54 Å². The lowest BCUT2D eigenvalue weighted by Crippen LogP contribution is -2.45. The van der Waals surface area contributed by atoms with Gasteiger partial charge in [-0.3, -0.25) is 4.68 Å². The van der Waals surface area contributed by atoms with E-state index >= 15 is 0 Å². The third-order valence-corrected chi connectivity index (χ3v) is 2.08. The molecule has 0 aliphatic heterocycles. The molecule has 0 radical (unpaired) electrons. The minimum Gasteiger partial charge on any atom is -0.367 e. The first-order chi connectivity index (χ1) is 6.53. The Morgan fingerprint density at radius 2 is 2.21 bits per heavy atom. The largest absolute Gasteiger partial charge is 0.367 e. The summed E-state index contributed by atoms with van der Waals surface area (Å²) in [6.07, 6.45) is 1.93. The van der Waals surface area contributed by atoms with Crippen molar-refractivity contribution in [1.82, 2.24) is 15.1 Å². The van der Waals surface area contributed by atoms with Gasteiger partial charge in [-0.15, -0.1) is 0 Å². The highest BCUT2D eigenvalue weighted by Gasteiger charge is 2.15. The summed E-state index contributed by atoms with van der Waals surface area (Å²) < 4.78 is 1.79. The van der Waals surface area contributed by atoms with Crippen LogP contribution >= 0.6 is 0 Å². The Bertz CT molecular complexity index is 277. The molecule has 0 unspecified atom stereocenters. The number of anilines is 1. The molecular formula is C10H20N4. The predicted octanol–water partition coefficient (Wildman–Crippen LogP) is 1.22. The molecule has 80 valence electrons. The van der Waals surface area contributed by atoms with Crippen LogP contribution in [0.5, 0.6) is 0 Å². The molecule has 1 rings (SSSR count). The molecule has 0 saturated carbocycles. The van der Waals surface area contributed by atoms with Crippen LogP contribution in [0.2, 0.25) is 0 Å². The molecule has 14 heavy (non-hydrogen) atoms. The summed E-state index contributed by atoms with van der Waals surface area (Å²) in [5, 5.41) is 10.9. The molecule has 4 heteroatoms. The number of rotatable bonds is 5. The molecule has 1 heterocycles. The van der Waals surface area contributed by atoms with Crippen LogP contribution in [0, 0.1) is 0 Å². The maximum atomic E-state index is 4.25. The van der Waals surface area contributed by atoms with E-state index in [2.05, 4.69) is 36.5 Å². The van der Waals surface area contributed by atoms with E-state index in [0.717, 1.165) is 18.9 Å². The molecule has 0 amide bonds. The van der Waals surface area contributed by atoms with Gasteiger partial charge in [-0.05, 0) is 20.4 Å². The average molecular weight is 196 g/mol. The van der Waals surface area contributed by atoms with Crippen molar-refractivity contribution in [3.8, 4) is 0 Å². The van der Waals surface area contributed by atoms with Gasteiger partial charge in [-0.25, -0.2) is 0 Å². The third kappa shape index (κ3) is 3.38. The minimum atomic E-state index is 0.103. The molecule has 1 aromatic heterocycles. The molecular weight excluding hydrogens is 176 g/mol. The van der Waals surface area contributed by atoms with E-state index in [1.807, 2.05) is 19.3 Å². The first-order valence-electron chi connectivity index (χ1n) is 5.02. The number of nitrogens with zero attached hydrogens (tertiary/aromatic N) is 2. The number of hydrogen-bond acceptors (Lipinski definition) is 3. The molecule has 0 aliphatic rings. The highest BCUT2D eigenvalue weighted by atomic mass is 15.3. The lowest BCUT2D eigenvalue weighted by Gasteiger charge is -2.25. The number of aryl methyl sites for hydroxylation is 1. The van der Waals surface area contributed by atoms with Crippen LogP contribution in [0.25, 0.3) is 0 Å². The topological polar surface area (TPSA) is 41.9 Å². The second kappa shape index (κ2) is 4.46. The number of hydrogen-bond donors (Lipinski definition) is 2. The Balaban J connectivity index is 2.40. The van der Waals surface area contributed by atoms with Crippen molar-refractivity contribution in [2.75, 3.05) is 18.4 Å². The van der Waals surface area contributed by atoms with E-state index in [0.29, 0.717) is 0 Å². The van der Waals surface area contributed by atoms with Gasteiger partial charge < -0.3 is 10.6 Å². The van der Waals surface area contributed by atoms with Crippen molar-refractivity contribution in [3.05, 3.63) is 12.3 Å². The van der Waals surface area contributed by atoms with Crippen LogP contribution in [0.15, 0.2) is 12.3 Å². The van der Waals surface area contributed by atoms with Crippen molar-refractivity contribution in [2.45, 2.75) is 26.3 Å². The Morgan fingerprint density at radius 1 is 1.50 bits per heavy atom. The Labute approximate surface area is 85.7 Å². The molecule has 0 saturated heterocycles. The lowest BCUT2D eigenvalue weighted by molar-refractivity contribution is 0.420. The zero-order valence-corrected chi connectivity index (χ0v) is 9.46. The fourth-order valence-corrected chi connectivity index (χ4v) is 1.36. The summed E-state index contributed by atoms with van der Waals surface area (Å²) in [6.45, 7) is 8.32. The van der Waals surface area contributed by atoms with Crippen molar-refractivity contribution in [2.24, 2.45) is 7.05 Å². The molecule has 4 nitrogen and oxygen atoms in total. The van der Waals surface area contributed by atoms with Gasteiger partial charge in [0.05, 0.1) is 0 Å². The smallest absolute Gasteiger partial charge is 0.148 e. The van der Waals surface area contributed by atoms with Gasteiger partial charge in [0.15, 0.2) is 0 Å². The molecule has 0 atom stereocenters. The summed E-state index contributed by atoms with van der Waals surface area (Å²) in [7, 11) is 1.92. The lowest BCUT2D eigenvalue weighted by atomic mass is 10.1. The quantitative estimate of drug-likeness (QED) is 0.744. The first kappa shape index (κ1) is 11.0. The monoisotopic (exact) mass is 196 g/mol. The molecule has 2 N–H and O–H groups in total. The normalized spacial score (nSPS) is 11.7. The van der Waals surface area contributed by atoms with E-state index in [4.69, 9.17) is 0 Å². The zero-order valence-electron chi connectivity index (χ0n) is 9.46. The summed E-state index contributed by atoms with van der Waals surface area (Å²) in [4.78, 5) is 0. The van der Waals surface area contributed by atoms with Crippen LogP contribution in [-0.4, -0.2) is 28.4 Å². The van der Waals surface area contributed by atoms with Crippen molar-refractivity contribution in [3.63, 3.8) is 0 Å². The van der Waals surface area contributed by atoms with Gasteiger partial charge in [0.1, 0.15) is 5.82 Å². The van der Waals surface area contributed by atoms with Gasteiger partial charge in [0.2, 0.25) is 0 Å². The molecule has 0 spiro atoms. The van der Waals surface area contributed by atoms with Crippen molar-refractivity contribution >= 4 is 5.82 Å². The fraction of sp³-hybridized carbons (Fsp3) is 0.700. The van der Waals surface area contributed by atoms with Crippen LogP contribution in [0.4, 0.5) is 5.82 Å². The van der Waals surface area contributed by atoms with E-state index < -0.39 is 0 Å².